The van der Waals surface area contributed by atoms with Gasteiger partial charge in [-0.15, -0.1) is 0 Å². The van der Waals surface area contributed by atoms with Crippen molar-refractivity contribution in [2.24, 2.45) is 0 Å². The van der Waals surface area contributed by atoms with E-state index < -0.39 is 0 Å². The fraction of sp³-hybridized carbons (Fsp3) is 0. The van der Waals surface area contributed by atoms with Gasteiger partial charge in [0, 0.05) is 38.4 Å². The summed E-state index contributed by atoms with van der Waals surface area (Å²) in [7, 11) is 0. The second-order valence-corrected chi connectivity index (χ2v) is 17.3. The van der Waals surface area contributed by atoms with Gasteiger partial charge in [-0.05, 0) is 133 Å². The second kappa shape index (κ2) is 13.5. The summed E-state index contributed by atoms with van der Waals surface area (Å²) in [5.74, 6) is 0. The summed E-state index contributed by atoms with van der Waals surface area (Å²) in [6.07, 6.45) is 0. The Kier molecular flexibility index (Phi) is 7.43. The van der Waals surface area contributed by atoms with Gasteiger partial charge in [-0.2, -0.15) is 0 Å². The Bertz CT molecular complexity index is 4070. The second-order valence-electron chi connectivity index (χ2n) is 17.3. The topological polar surface area (TPSA) is 9.86 Å². The van der Waals surface area contributed by atoms with E-state index in [0.29, 0.717) is 0 Å². The molecule has 0 amide bonds. The zero-order valence-corrected chi connectivity index (χ0v) is 34.8. The first-order valence-corrected chi connectivity index (χ1v) is 22.2. The largest absolute Gasteiger partial charge is 0.309 e. The number of nitrogens with zero attached hydrogens (tertiary/aromatic N) is 2. The first-order valence-electron chi connectivity index (χ1n) is 22.2. The third-order valence-electron chi connectivity index (χ3n) is 13.8. The quantitative estimate of drug-likeness (QED) is 0.168. The number of hydrogen-bond donors (Lipinski definition) is 0. The molecule has 0 fully saturated rings. The molecule has 1 aliphatic heterocycles. The molecule has 14 rings (SSSR count). The standard InChI is InChI=1S/C62H38N2/c1-2-13-39(14-3-1)47-32-48(44-26-25-40-15-4-5-16-41(40)31-44)34-49(33-47)63-58-24-11-10-21-52(58)56-36-45(27-29-59(56)63)46-28-30-60-57(37-46)54-23-12-22-53-50-19-8-9-20-51(50)55-35-42-17-6-7-18-43(42)38-61(55)64(60)62(53)54/h1-38H. The number of benzene rings is 11. The van der Waals surface area contributed by atoms with Gasteiger partial charge < -0.3 is 9.13 Å². The van der Waals surface area contributed by atoms with Crippen LogP contribution in [0.15, 0.2) is 231 Å². The van der Waals surface area contributed by atoms with Crippen LogP contribution in [0.25, 0.3) is 132 Å². The molecule has 64 heavy (non-hydrogen) atoms. The van der Waals surface area contributed by atoms with Crippen LogP contribution in [0.2, 0.25) is 0 Å². The van der Waals surface area contributed by atoms with Gasteiger partial charge >= 0.3 is 0 Å². The molecule has 2 heteroatoms. The predicted octanol–water partition coefficient (Wildman–Crippen LogP) is 16.8. The van der Waals surface area contributed by atoms with Gasteiger partial charge in [0.1, 0.15) is 0 Å². The monoisotopic (exact) mass is 810 g/mol. The summed E-state index contributed by atoms with van der Waals surface area (Å²) in [5, 5.41) is 9.99. The number of para-hydroxylation sites is 2. The van der Waals surface area contributed by atoms with Crippen molar-refractivity contribution in [3.05, 3.63) is 231 Å². The average Bonchev–Trinajstić information content (AvgIpc) is 3.84. The van der Waals surface area contributed by atoms with Crippen LogP contribution in [0, 0.1) is 0 Å². The summed E-state index contributed by atoms with van der Waals surface area (Å²) in [6.45, 7) is 0. The van der Waals surface area contributed by atoms with Crippen LogP contribution >= 0.6 is 0 Å². The van der Waals surface area contributed by atoms with Crippen LogP contribution in [-0.4, -0.2) is 9.13 Å². The maximum absolute atomic E-state index is 2.53. The van der Waals surface area contributed by atoms with Crippen molar-refractivity contribution in [3.8, 4) is 67.0 Å². The highest BCUT2D eigenvalue weighted by molar-refractivity contribution is 6.18. The van der Waals surface area contributed by atoms with E-state index in [1.54, 1.807) is 0 Å². The lowest BCUT2D eigenvalue weighted by molar-refractivity contribution is 1.18. The van der Waals surface area contributed by atoms with E-state index in [9.17, 15) is 0 Å². The number of hydrogen-bond acceptors (Lipinski definition) is 0. The molecule has 0 aliphatic carbocycles. The molecule has 0 saturated carbocycles. The minimum Gasteiger partial charge on any atom is -0.309 e. The van der Waals surface area contributed by atoms with Crippen LogP contribution in [0.4, 0.5) is 0 Å². The number of aromatic nitrogens is 2. The van der Waals surface area contributed by atoms with Crippen LogP contribution in [0.5, 0.6) is 0 Å². The zero-order valence-electron chi connectivity index (χ0n) is 34.8. The van der Waals surface area contributed by atoms with Gasteiger partial charge in [-0.25, -0.2) is 0 Å². The van der Waals surface area contributed by atoms with Crippen molar-refractivity contribution < 1.29 is 0 Å². The Hall–Kier alpha value is -8.46. The Morgan fingerprint density at radius 1 is 0.234 bits per heavy atom. The van der Waals surface area contributed by atoms with Crippen molar-refractivity contribution >= 4 is 65.2 Å². The molecule has 0 unspecified atom stereocenters. The lowest BCUT2D eigenvalue weighted by Crippen LogP contribution is -1.96. The number of fused-ring (bicyclic) bond motifs is 13. The Labute approximate surface area is 370 Å². The normalized spacial score (nSPS) is 12.1. The maximum Gasteiger partial charge on any atom is 0.0619 e. The van der Waals surface area contributed by atoms with Crippen LogP contribution < -0.4 is 0 Å². The van der Waals surface area contributed by atoms with E-state index >= 15 is 0 Å². The molecule has 2 nitrogen and oxygen atoms in total. The number of rotatable bonds is 4. The van der Waals surface area contributed by atoms with Crippen molar-refractivity contribution in [1.29, 1.82) is 0 Å². The third-order valence-corrected chi connectivity index (χ3v) is 13.8. The van der Waals surface area contributed by atoms with Crippen molar-refractivity contribution in [2.75, 3.05) is 0 Å². The van der Waals surface area contributed by atoms with E-state index in [2.05, 4.69) is 240 Å². The maximum atomic E-state index is 2.53. The molecule has 0 saturated heterocycles. The van der Waals surface area contributed by atoms with Crippen LogP contribution in [0.3, 0.4) is 0 Å². The highest BCUT2D eigenvalue weighted by atomic mass is 15.0. The summed E-state index contributed by atoms with van der Waals surface area (Å²) in [5.41, 5.74) is 19.5. The molecule has 0 spiro atoms. The highest BCUT2D eigenvalue weighted by Gasteiger charge is 2.25. The molecule has 11 aromatic carbocycles. The molecular formula is C62H38N2. The van der Waals surface area contributed by atoms with Gasteiger partial charge in [-0.3, -0.25) is 0 Å². The average molecular weight is 811 g/mol. The van der Waals surface area contributed by atoms with Crippen LogP contribution in [-0.2, 0) is 0 Å². The third kappa shape index (κ3) is 5.20. The molecule has 13 aromatic rings. The molecule has 296 valence electrons. The van der Waals surface area contributed by atoms with E-state index in [1.807, 2.05) is 0 Å². The van der Waals surface area contributed by atoms with Gasteiger partial charge in [-0.1, -0.05) is 164 Å². The van der Waals surface area contributed by atoms with Crippen LogP contribution in [0.1, 0.15) is 0 Å². The minimum atomic E-state index is 1.14. The SMILES string of the molecule is c1ccc(-c2cc(-c3ccc4ccccc4c3)cc(-n3c4ccccc4c4cc(-c5ccc6c(c5)c5cccc7c5n6-c5cc6ccccc6cc5-c5ccccc5-7)ccc43)c2)cc1. The fourth-order valence-corrected chi connectivity index (χ4v) is 10.8. The summed E-state index contributed by atoms with van der Waals surface area (Å²) in [4.78, 5) is 0. The highest BCUT2D eigenvalue weighted by Crippen LogP contribution is 2.48. The molecule has 0 N–H and O–H groups in total. The molecular weight excluding hydrogens is 773 g/mol. The molecule has 2 aromatic heterocycles. The lowest BCUT2D eigenvalue weighted by atomic mass is 9.92. The van der Waals surface area contributed by atoms with Gasteiger partial charge in [0.2, 0.25) is 0 Å². The molecule has 0 bridgehead atoms. The van der Waals surface area contributed by atoms with Gasteiger partial charge in [0.25, 0.3) is 0 Å². The predicted molar refractivity (Wildman–Crippen MR) is 271 cm³/mol. The lowest BCUT2D eigenvalue weighted by Gasteiger charge is -2.15. The molecule has 3 heterocycles. The molecule has 0 radical (unpaired) electrons. The minimum absolute atomic E-state index is 1.14. The van der Waals surface area contributed by atoms with Crippen molar-refractivity contribution in [1.82, 2.24) is 9.13 Å². The summed E-state index contributed by atoms with van der Waals surface area (Å²) in [6, 6.07) is 85.5. The summed E-state index contributed by atoms with van der Waals surface area (Å²) < 4.78 is 4.99. The molecule has 1 aliphatic rings. The first kappa shape index (κ1) is 35.2. The van der Waals surface area contributed by atoms with E-state index in [-0.39, 0.29) is 0 Å². The first-order chi connectivity index (χ1) is 31.7. The smallest absolute Gasteiger partial charge is 0.0619 e. The fourth-order valence-electron chi connectivity index (χ4n) is 10.8. The van der Waals surface area contributed by atoms with E-state index in [0.717, 1.165) is 5.69 Å². The van der Waals surface area contributed by atoms with Crippen molar-refractivity contribution in [3.63, 3.8) is 0 Å². The van der Waals surface area contributed by atoms with Gasteiger partial charge in [0.05, 0.1) is 27.8 Å². The van der Waals surface area contributed by atoms with E-state index in [4.69, 9.17) is 0 Å². The zero-order chi connectivity index (χ0) is 41.9. The van der Waals surface area contributed by atoms with Crippen molar-refractivity contribution in [2.45, 2.75) is 0 Å². The summed E-state index contributed by atoms with van der Waals surface area (Å²) >= 11 is 0. The Morgan fingerprint density at radius 2 is 0.766 bits per heavy atom. The molecule has 0 atom stereocenters. The Morgan fingerprint density at radius 3 is 1.55 bits per heavy atom. The Balaban J connectivity index is 0.965. The van der Waals surface area contributed by atoms with Gasteiger partial charge in [0.15, 0.2) is 0 Å². The van der Waals surface area contributed by atoms with E-state index in [1.165, 1.54) is 126 Å².